The van der Waals surface area contributed by atoms with Gasteiger partial charge in [0.15, 0.2) is 16.6 Å². The lowest BCUT2D eigenvalue weighted by Gasteiger charge is -2.25. The van der Waals surface area contributed by atoms with Gasteiger partial charge >= 0.3 is 0 Å². The molecule has 1 aliphatic carbocycles. The smallest absolute Gasteiger partial charge is 0.197 e. The van der Waals surface area contributed by atoms with Crippen LogP contribution in [0.25, 0.3) is 44.2 Å². The van der Waals surface area contributed by atoms with Crippen molar-refractivity contribution in [1.82, 2.24) is 0 Å². The Balaban J connectivity index is 1.40. The topological polar surface area (TPSA) is 74.3 Å². The van der Waals surface area contributed by atoms with E-state index in [4.69, 9.17) is 0 Å². The minimum atomic E-state index is -0.315. The van der Waals surface area contributed by atoms with E-state index in [0.29, 0.717) is 32.7 Å². The summed E-state index contributed by atoms with van der Waals surface area (Å²) in [4.78, 5) is 39.0. The molecule has 0 radical (unpaired) electrons. The van der Waals surface area contributed by atoms with Crippen molar-refractivity contribution >= 4 is 49.9 Å². The van der Waals surface area contributed by atoms with E-state index in [1.165, 1.54) is 12.2 Å². The van der Waals surface area contributed by atoms with Gasteiger partial charge in [-0.2, -0.15) is 0 Å². The SMILES string of the molecule is O=C1C(/C=C/C=C/C=c2c(=O)c3cccc4cccc(c2=O)c43)=C([O-])c2cccc3cccc1c23. The van der Waals surface area contributed by atoms with E-state index in [-0.39, 0.29) is 33.2 Å². The number of Topliss-reactive ketones (excluding diaryl/α,β-unsaturated/α-hetero) is 1. The molecule has 0 heterocycles. The van der Waals surface area contributed by atoms with Gasteiger partial charge in [-0.05, 0) is 27.8 Å². The molecule has 4 heteroatoms. The van der Waals surface area contributed by atoms with E-state index < -0.39 is 0 Å². The number of hydrogen-bond acceptors (Lipinski definition) is 4. The summed E-state index contributed by atoms with van der Waals surface area (Å²) in [6.07, 6.45) is 7.71. The zero-order chi connectivity index (χ0) is 24.1. The highest BCUT2D eigenvalue weighted by atomic mass is 16.3. The number of carbonyl (C=O) groups excluding carboxylic acids is 1. The van der Waals surface area contributed by atoms with Gasteiger partial charge in [0, 0.05) is 27.3 Å². The van der Waals surface area contributed by atoms with Gasteiger partial charge in [0.1, 0.15) is 0 Å². The molecule has 0 aromatic heterocycles. The zero-order valence-corrected chi connectivity index (χ0v) is 18.4. The Morgan fingerprint density at radius 3 is 1.83 bits per heavy atom. The van der Waals surface area contributed by atoms with Gasteiger partial charge in [0.25, 0.3) is 0 Å². The summed E-state index contributed by atoms with van der Waals surface area (Å²) in [5.74, 6) is -0.630. The second-order valence-electron chi connectivity index (χ2n) is 8.47. The zero-order valence-electron chi connectivity index (χ0n) is 18.4. The molecule has 0 unspecified atom stereocenters. The first-order valence-electron chi connectivity index (χ1n) is 11.2. The van der Waals surface area contributed by atoms with Gasteiger partial charge in [0.05, 0.1) is 5.22 Å². The number of carbonyl (C=O) groups is 1. The predicted molar refractivity (Wildman–Crippen MR) is 138 cm³/mol. The molecular weight excluding hydrogens is 436 g/mol. The molecule has 0 amide bonds. The Bertz CT molecular complexity index is 1890. The maximum absolute atomic E-state index is 13.0. The Morgan fingerprint density at radius 1 is 0.600 bits per heavy atom. The molecule has 35 heavy (non-hydrogen) atoms. The molecule has 0 saturated carbocycles. The summed E-state index contributed by atoms with van der Waals surface area (Å²) in [5, 5.41) is 17.2. The first-order chi connectivity index (χ1) is 17.1. The van der Waals surface area contributed by atoms with E-state index >= 15 is 0 Å². The van der Waals surface area contributed by atoms with Crippen LogP contribution in [0.2, 0.25) is 0 Å². The third kappa shape index (κ3) is 3.11. The largest absolute Gasteiger partial charge is 0.872 e. The van der Waals surface area contributed by atoms with Crippen molar-refractivity contribution in [3.63, 3.8) is 0 Å². The van der Waals surface area contributed by atoms with Crippen molar-refractivity contribution < 1.29 is 9.90 Å². The Labute approximate surface area is 199 Å². The van der Waals surface area contributed by atoms with Crippen LogP contribution in [0.4, 0.5) is 0 Å². The standard InChI is InChI=1S/C31H18O4/c32-28-20-14-4-8-18-9-5-15-21(26(18)20)29(33)24(28)12-2-1-3-13-25-30(34)22-16-6-10-19-11-7-17-23(27(19)22)31(25)35/h1-17,32H/p-1/b3-1+,12-2+. The molecule has 0 bridgehead atoms. The quantitative estimate of drug-likeness (QED) is 0.389. The molecule has 0 spiro atoms. The molecule has 0 atom stereocenters. The van der Waals surface area contributed by atoms with Crippen molar-refractivity contribution in [2.24, 2.45) is 0 Å². The summed E-state index contributed by atoms with van der Waals surface area (Å²) in [6.45, 7) is 0. The van der Waals surface area contributed by atoms with Gasteiger partial charge in [0.2, 0.25) is 0 Å². The maximum atomic E-state index is 13.0. The monoisotopic (exact) mass is 453 g/mol. The lowest BCUT2D eigenvalue weighted by molar-refractivity contribution is -0.244. The highest BCUT2D eigenvalue weighted by Crippen LogP contribution is 2.34. The van der Waals surface area contributed by atoms with Crippen molar-refractivity contribution in [3.05, 3.63) is 139 Å². The summed E-state index contributed by atoms with van der Waals surface area (Å²) >= 11 is 0. The fourth-order valence-electron chi connectivity index (χ4n) is 4.90. The molecule has 6 rings (SSSR count). The van der Waals surface area contributed by atoms with Gasteiger partial charge in [-0.15, -0.1) is 0 Å². The highest BCUT2D eigenvalue weighted by Gasteiger charge is 2.21. The second-order valence-corrected chi connectivity index (χ2v) is 8.47. The fraction of sp³-hybridized carbons (Fsp3) is 0. The third-order valence-corrected chi connectivity index (χ3v) is 6.51. The number of hydrogen-bond donors (Lipinski definition) is 0. The number of rotatable bonds is 3. The van der Waals surface area contributed by atoms with E-state index in [9.17, 15) is 19.5 Å². The summed E-state index contributed by atoms with van der Waals surface area (Å²) in [7, 11) is 0. The first kappa shape index (κ1) is 20.8. The number of benzene rings is 5. The van der Waals surface area contributed by atoms with Gasteiger partial charge in [-0.3, -0.25) is 14.4 Å². The summed E-state index contributed by atoms with van der Waals surface area (Å²) in [6, 6.07) is 21.7. The van der Waals surface area contributed by atoms with E-state index in [2.05, 4.69) is 0 Å². The van der Waals surface area contributed by atoms with Crippen LogP contribution in [0.5, 0.6) is 0 Å². The lowest BCUT2D eigenvalue weighted by Crippen LogP contribution is -2.38. The van der Waals surface area contributed by atoms with Crippen molar-refractivity contribution in [2.45, 2.75) is 0 Å². The van der Waals surface area contributed by atoms with Crippen LogP contribution in [-0.2, 0) is 0 Å². The molecule has 0 N–H and O–H groups in total. The van der Waals surface area contributed by atoms with Crippen LogP contribution < -0.4 is 21.2 Å². The van der Waals surface area contributed by atoms with Crippen molar-refractivity contribution in [3.8, 4) is 0 Å². The van der Waals surface area contributed by atoms with Crippen LogP contribution in [-0.4, -0.2) is 5.78 Å². The van der Waals surface area contributed by atoms with Crippen molar-refractivity contribution in [2.75, 3.05) is 0 Å². The van der Waals surface area contributed by atoms with E-state index in [0.717, 1.165) is 10.8 Å². The van der Waals surface area contributed by atoms with Crippen LogP contribution in [0, 0.1) is 0 Å². The maximum Gasteiger partial charge on any atom is 0.197 e. The Hall–Kier alpha value is -4.83. The predicted octanol–water partition coefficient (Wildman–Crippen LogP) is 3.88. The summed E-state index contributed by atoms with van der Waals surface area (Å²) < 4.78 is 0. The van der Waals surface area contributed by atoms with Crippen LogP contribution in [0.1, 0.15) is 15.9 Å². The minimum absolute atomic E-state index is 0.0823. The molecule has 1 aliphatic rings. The van der Waals surface area contributed by atoms with Crippen LogP contribution in [0.3, 0.4) is 0 Å². The van der Waals surface area contributed by atoms with Crippen molar-refractivity contribution in [1.29, 1.82) is 0 Å². The van der Waals surface area contributed by atoms with E-state index in [1.807, 2.05) is 24.3 Å². The Morgan fingerprint density at radius 2 is 1.17 bits per heavy atom. The third-order valence-electron chi connectivity index (χ3n) is 6.51. The molecule has 4 nitrogen and oxygen atoms in total. The minimum Gasteiger partial charge on any atom is -0.872 e. The van der Waals surface area contributed by atoms with Gasteiger partial charge in [-0.25, -0.2) is 0 Å². The van der Waals surface area contributed by atoms with Crippen LogP contribution in [0.15, 0.2) is 112 Å². The molecule has 0 saturated heterocycles. The molecule has 5 aromatic rings. The molecule has 166 valence electrons. The number of ketones is 1. The Kier molecular flexibility index (Phi) is 4.68. The highest BCUT2D eigenvalue weighted by molar-refractivity contribution is 6.25. The van der Waals surface area contributed by atoms with E-state index in [1.54, 1.807) is 66.8 Å². The first-order valence-corrected chi connectivity index (χ1v) is 11.2. The van der Waals surface area contributed by atoms with Crippen LogP contribution >= 0.6 is 0 Å². The second kappa shape index (κ2) is 7.89. The normalized spacial score (nSPS) is 13.8. The molecule has 0 fully saturated rings. The average Bonchev–Trinajstić information content (AvgIpc) is 2.88. The summed E-state index contributed by atoms with van der Waals surface area (Å²) in [5.41, 5.74) is 0.470. The lowest BCUT2D eigenvalue weighted by atomic mass is 9.86. The molecular formula is C31H17O4-. The van der Waals surface area contributed by atoms with Gasteiger partial charge < -0.3 is 5.11 Å². The van der Waals surface area contributed by atoms with Gasteiger partial charge in [-0.1, -0.05) is 103 Å². The molecule has 5 aromatic carbocycles. The molecule has 0 aliphatic heterocycles. The fourth-order valence-corrected chi connectivity index (χ4v) is 4.90. The number of allylic oxidation sites excluding steroid dienone is 5. The average molecular weight is 453 g/mol.